The number of hydrogen-bond donors (Lipinski definition) is 1. The molecule has 0 bridgehead atoms. The molecule has 0 saturated heterocycles. The quantitative estimate of drug-likeness (QED) is 0.839. The third-order valence-electron chi connectivity index (χ3n) is 3.06. The maximum absolute atomic E-state index is 5.92. The first kappa shape index (κ1) is 14.5. The SMILES string of the molecule is COCc1[nH]c(C2COc3ccccc3O2)nc(=S)c1Br. The average molecular weight is 369 g/mol. The second-order valence-corrected chi connectivity index (χ2v) is 5.70. The second kappa shape index (κ2) is 6.13. The predicted molar refractivity (Wildman–Crippen MR) is 83.1 cm³/mol. The van der Waals surface area contributed by atoms with Gasteiger partial charge in [0.25, 0.3) is 0 Å². The minimum Gasteiger partial charge on any atom is -0.485 e. The molecular formula is C14H13BrN2O3S. The van der Waals surface area contributed by atoms with E-state index in [2.05, 4.69) is 25.9 Å². The van der Waals surface area contributed by atoms with E-state index < -0.39 is 0 Å². The summed E-state index contributed by atoms with van der Waals surface area (Å²) >= 11 is 8.67. The number of methoxy groups -OCH3 is 1. The largest absolute Gasteiger partial charge is 0.485 e. The number of aromatic nitrogens is 2. The van der Waals surface area contributed by atoms with Gasteiger partial charge in [-0.1, -0.05) is 24.4 Å². The number of nitrogens with one attached hydrogen (secondary N) is 1. The van der Waals surface area contributed by atoms with Crippen LogP contribution < -0.4 is 9.47 Å². The first-order chi connectivity index (χ1) is 10.2. The topological polar surface area (TPSA) is 56.4 Å². The number of fused-ring (bicyclic) bond motifs is 1. The van der Waals surface area contributed by atoms with Crippen LogP contribution in [0.15, 0.2) is 28.7 Å². The lowest BCUT2D eigenvalue weighted by atomic mass is 10.2. The molecule has 5 nitrogen and oxygen atoms in total. The third kappa shape index (κ3) is 2.95. The molecule has 1 atom stereocenters. The van der Waals surface area contributed by atoms with Crippen molar-refractivity contribution in [1.29, 1.82) is 0 Å². The van der Waals surface area contributed by atoms with Crippen molar-refractivity contribution in [2.75, 3.05) is 13.7 Å². The van der Waals surface area contributed by atoms with Gasteiger partial charge >= 0.3 is 0 Å². The molecule has 1 aliphatic rings. The first-order valence-electron chi connectivity index (χ1n) is 6.35. The molecule has 0 fully saturated rings. The smallest absolute Gasteiger partial charge is 0.190 e. The predicted octanol–water partition coefficient (Wildman–Crippen LogP) is 3.56. The van der Waals surface area contributed by atoms with Gasteiger partial charge in [-0.25, -0.2) is 4.98 Å². The van der Waals surface area contributed by atoms with Gasteiger partial charge in [-0.05, 0) is 28.1 Å². The van der Waals surface area contributed by atoms with Crippen molar-refractivity contribution in [3.8, 4) is 11.5 Å². The second-order valence-electron chi connectivity index (χ2n) is 4.52. The molecule has 1 aromatic heterocycles. The van der Waals surface area contributed by atoms with Crippen molar-refractivity contribution in [2.45, 2.75) is 12.7 Å². The zero-order valence-corrected chi connectivity index (χ0v) is 13.7. The first-order valence-corrected chi connectivity index (χ1v) is 7.55. The van der Waals surface area contributed by atoms with Crippen LogP contribution in [0.1, 0.15) is 17.6 Å². The van der Waals surface area contributed by atoms with Crippen molar-refractivity contribution in [3.05, 3.63) is 44.9 Å². The number of benzene rings is 1. The highest BCUT2D eigenvalue weighted by Crippen LogP contribution is 2.35. The van der Waals surface area contributed by atoms with Crippen molar-refractivity contribution in [3.63, 3.8) is 0 Å². The summed E-state index contributed by atoms with van der Waals surface area (Å²) in [7, 11) is 1.62. The molecule has 0 aliphatic carbocycles. The van der Waals surface area contributed by atoms with Crippen LogP contribution in [0, 0.1) is 4.64 Å². The van der Waals surface area contributed by atoms with Crippen LogP contribution in [0.2, 0.25) is 0 Å². The summed E-state index contributed by atoms with van der Waals surface area (Å²) in [5.41, 5.74) is 0.829. The highest BCUT2D eigenvalue weighted by atomic mass is 79.9. The Hall–Kier alpha value is -1.44. The van der Waals surface area contributed by atoms with Gasteiger partial charge in [0.2, 0.25) is 0 Å². The molecule has 0 saturated carbocycles. The summed E-state index contributed by atoms with van der Waals surface area (Å²) in [4.78, 5) is 7.56. The monoisotopic (exact) mass is 368 g/mol. The molecule has 2 heterocycles. The Bertz CT molecular complexity index is 720. The van der Waals surface area contributed by atoms with Gasteiger partial charge in [-0.3, -0.25) is 0 Å². The van der Waals surface area contributed by atoms with Crippen molar-refractivity contribution in [1.82, 2.24) is 9.97 Å². The third-order valence-corrected chi connectivity index (χ3v) is 4.47. The molecule has 0 spiro atoms. The zero-order valence-electron chi connectivity index (χ0n) is 11.3. The molecule has 1 N–H and O–H groups in total. The molecule has 0 radical (unpaired) electrons. The summed E-state index contributed by atoms with van der Waals surface area (Å²) in [5, 5.41) is 0. The lowest BCUT2D eigenvalue weighted by Crippen LogP contribution is -2.24. The van der Waals surface area contributed by atoms with Crippen LogP contribution in [0.5, 0.6) is 11.5 Å². The Labute approximate surface area is 135 Å². The Kier molecular flexibility index (Phi) is 4.23. The Balaban J connectivity index is 1.93. The lowest BCUT2D eigenvalue weighted by molar-refractivity contribution is 0.0842. The van der Waals surface area contributed by atoms with Crippen molar-refractivity contribution >= 4 is 28.1 Å². The van der Waals surface area contributed by atoms with E-state index in [1.165, 1.54) is 0 Å². The fourth-order valence-electron chi connectivity index (χ4n) is 2.08. The Morgan fingerprint density at radius 2 is 2.19 bits per heavy atom. The van der Waals surface area contributed by atoms with E-state index in [9.17, 15) is 0 Å². The number of H-pyrrole nitrogens is 1. The minimum absolute atomic E-state index is 0.328. The van der Waals surface area contributed by atoms with E-state index in [0.717, 1.165) is 15.9 Å². The molecule has 3 rings (SSSR count). The molecule has 21 heavy (non-hydrogen) atoms. The van der Waals surface area contributed by atoms with Crippen LogP contribution in [0.4, 0.5) is 0 Å². The summed E-state index contributed by atoms with van der Waals surface area (Å²) in [6.07, 6.45) is -0.328. The highest BCUT2D eigenvalue weighted by molar-refractivity contribution is 9.10. The molecule has 7 heteroatoms. The van der Waals surface area contributed by atoms with Gasteiger partial charge in [0.15, 0.2) is 23.4 Å². The number of rotatable bonds is 3. The van der Waals surface area contributed by atoms with Crippen LogP contribution in [-0.2, 0) is 11.3 Å². The van der Waals surface area contributed by atoms with E-state index >= 15 is 0 Å². The van der Waals surface area contributed by atoms with Gasteiger partial charge in [0.1, 0.15) is 11.2 Å². The van der Waals surface area contributed by atoms with Gasteiger partial charge < -0.3 is 19.2 Å². The number of aromatic amines is 1. The van der Waals surface area contributed by atoms with Crippen LogP contribution in [0.25, 0.3) is 0 Å². The van der Waals surface area contributed by atoms with E-state index in [4.69, 9.17) is 26.4 Å². The Morgan fingerprint density at radius 3 is 2.95 bits per heavy atom. The minimum atomic E-state index is -0.328. The lowest BCUT2D eigenvalue weighted by Gasteiger charge is -2.26. The van der Waals surface area contributed by atoms with E-state index in [0.29, 0.717) is 29.4 Å². The van der Waals surface area contributed by atoms with E-state index in [-0.39, 0.29) is 6.10 Å². The van der Waals surface area contributed by atoms with Gasteiger partial charge in [0.05, 0.1) is 16.8 Å². The van der Waals surface area contributed by atoms with Gasteiger partial charge in [0, 0.05) is 7.11 Å². The highest BCUT2D eigenvalue weighted by Gasteiger charge is 2.25. The van der Waals surface area contributed by atoms with Crippen molar-refractivity contribution in [2.24, 2.45) is 0 Å². The van der Waals surface area contributed by atoms with Crippen molar-refractivity contribution < 1.29 is 14.2 Å². The summed E-state index contributed by atoms with van der Waals surface area (Å²) in [6.45, 7) is 0.785. The maximum Gasteiger partial charge on any atom is 0.190 e. The standard InChI is InChI=1S/C14H13BrN2O3S/c1-18-6-8-12(15)14(21)17-13(16-8)11-7-19-9-4-2-3-5-10(9)20-11/h2-5,11H,6-7H2,1H3,(H,16,17,21). The number of ether oxygens (including phenoxy) is 3. The fourth-order valence-corrected chi connectivity index (χ4v) is 2.60. The van der Waals surface area contributed by atoms with Gasteiger partial charge in [-0.2, -0.15) is 0 Å². The molecule has 1 aromatic carbocycles. The number of nitrogens with zero attached hydrogens (tertiary/aromatic N) is 1. The zero-order chi connectivity index (χ0) is 14.8. The number of halogens is 1. The van der Waals surface area contributed by atoms with E-state index in [1.54, 1.807) is 7.11 Å². The number of para-hydroxylation sites is 2. The molecular weight excluding hydrogens is 356 g/mol. The maximum atomic E-state index is 5.92. The molecule has 2 aromatic rings. The normalized spacial score (nSPS) is 16.8. The Morgan fingerprint density at radius 1 is 1.43 bits per heavy atom. The van der Waals surface area contributed by atoms with Crippen LogP contribution in [0.3, 0.4) is 0 Å². The average Bonchev–Trinajstić information content (AvgIpc) is 2.51. The van der Waals surface area contributed by atoms with E-state index in [1.807, 2.05) is 24.3 Å². The summed E-state index contributed by atoms with van der Waals surface area (Å²) in [6, 6.07) is 7.55. The molecule has 110 valence electrons. The molecule has 0 amide bonds. The number of hydrogen-bond acceptors (Lipinski definition) is 5. The summed E-state index contributed by atoms with van der Waals surface area (Å²) in [5.74, 6) is 2.07. The van der Waals surface area contributed by atoms with Crippen LogP contribution >= 0.6 is 28.1 Å². The summed E-state index contributed by atoms with van der Waals surface area (Å²) < 4.78 is 18.0. The fraction of sp³-hybridized carbons (Fsp3) is 0.286. The molecule has 1 aliphatic heterocycles. The molecule has 1 unspecified atom stereocenters. The van der Waals surface area contributed by atoms with Gasteiger partial charge in [-0.15, -0.1) is 0 Å². The van der Waals surface area contributed by atoms with Crippen LogP contribution in [-0.4, -0.2) is 23.7 Å².